The SMILES string of the molecule is CC(CCC(=O)O)CNC(=O)Cc1csc(N)n1. The number of aliphatic carboxylic acids is 1. The number of hydrogen-bond donors (Lipinski definition) is 3. The van der Waals surface area contributed by atoms with Crippen LogP contribution in [0.15, 0.2) is 5.38 Å². The number of aromatic nitrogens is 1. The zero-order chi connectivity index (χ0) is 13.5. The minimum Gasteiger partial charge on any atom is -0.481 e. The first-order valence-electron chi connectivity index (χ1n) is 5.65. The molecule has 1 amide bonds. The highest BCUT2D eigenvalue weighted by atomic mass is 32.1. The summed E-state index contributed by atoms with van der Waals surface area (Å²) in [4.78, 5) is 25.9. The molecular weight excluding hydrogens is 254 g/mol. The lowest BCUT2D eigenvalue weighted by Gasteiger charge is -2.10. The second-order valence-electron chi connectivity index (χ2n) is 4.20. The molecule has 4 N–H and O–H groups in total. The number of nitrogens with one attached hydrogen (secondary N) is 1. The molecule has 0 fully saturated rings. The molecule has 100 valence electrons. The normalized spacial score (nSPS) is 12.1. The largest absolute Gasteiger partial charge is 0.481 e. The van der Waals surface area contributed by atoms with E-state index in [1.54, 1.807) is 5.38 Å². The Labute approximate surface area is 109 Å². The number of carbonyl (C=O) groups is 2. The van der Waals surface area contributed by atoms with Crippen molar-refractivity contribution in [3.05, 3.63) is 11.1 Å². The fraction of sp³-hybridized carbons (Fsp3) is 0.545. The van der Waals surface area contributed by atoms with Gasteiger partial charge < -0.3 is 16.2 Å². The average Bonchev–Trinajstić information content (AvgIpc) is 2.69. The van der Waals surface area contributed by atoms with Crippen LogP contribution in [-0.4, -0.2) is 28.5 Å². The highest BCUT2D eigenvalue weighted by molar-refractivity contribution is 7.13. The zero-order valence-corrected chi connectivity index (χ0v) is 11.0. The smallest absolute Gasteiger partial charge is 0.303 e. The topological polar surface area (TPSA) is 105 Å². The van der Waals surface area contributed by atoms with Crippen LogP contribution in [0.1, 0.15) is 25.5 Å². The van der Waals surface area contributed by atoms with Gasteiger partial charge in [-0.2, -0.15) is 0 Å². The Morgan fingerprint density at radius 1 is 1.61 bits per heavy atom. The van der Waals surface area contributed by atoms with Gasteiger partial charge in [0.15, 0.2) is 5.13 Å². The minimum absolute atomic E-state index is 0.123. The molecule has 0 radical (unpaired) electrons. The second kappa shape index (κ2) is 6.95. The number of carboxylic acid groups (broad SMARTS) is 1. The van der Waals surface area contributed by atoms with Gasteiger partial charge in [-0.15, -0.1) is 11.3 Å². The zero-order valence-electron chi connectivity index (χ0n) is 10.2. The summed E-state index contributed by atoms with van der Waals surface area (Å²) in [6.07, 6.45) is 0.887. The summed E-state index contributed by atoms with van der Waals surface area (Å²) in [5.41, 5.74) is 6.12. The molecule has 18 heavy (non-hydrogen) atoms. The van der Waals surface area contributed by atoms with Crippen molar-refractivity contribution in [2.24, 2.45) is 5.92 Å². The molecule has 0 saturated heterocycles. The van der Waals surface area contributed by atoms with E-state index in [1.165, 1.54) is 11.3 Å². The van der Waals surface area contributed by atoms with Crippen molar-refractivity contribution >= 4 is 28.3 Å². The van der Waals surface area contributed by atoms with Crippen LogP contribution in [0.5, 0.6) is 0 Å². The number of carboxylic acids is 1. The van der Waals surface area contributed by atoms with Crippen LogP contribution in [-0.2, 0) is 16.0 Å². The maximum atomic E-state index is 11.6. The first-order valence-corrected chi connectivity index (χ1v) is 6.53. The van der Waals surface area contributed by atoms with Crippen molar-refractivity contribution in [1.29, 1.82) is 0 Å². The van der Waals surface area contributed by atoms with E-state index in [0.717, 1.165) is 0 Å². The van der Waals surface area contributed by atoms with E-state index in [0.29, 0.717) is 23.8 Å². The van der Waals surface area contributed by atoms with Crippen LogP contribution in [0.4, 0.5) is 5.13 Å². The summed E-state index contributed by atoms with van der Waals surface area (Å²) in [6, 6.07) is 0. The second-order valence-corrected chi connectivity index (χ2v) is 5.09. The predicted molar refractivity (Wildman–Crippen MR) is 69.3 cm³/mol. The minimum atomic E-state index is -0.814. The molecule has 0 aliphatic carbocycles. The number of nitrogen functional groups attached to an aromatic ring is 1. The maximum absolute atomic E-state index is 11.6. The maximum Gasteiger partial charge on any atom is 0.303 e. The Morgan fingerprint density at radius 2 is 2.33 bits per heavy atom. The highest BCUT2D eigenvalue weighted by Gasteiger charge is 2.09. The molecule has 1 unspecified atom stereocenters. The molecule has 0 aliphatic heterocycles. The van der Waals surface area contributed by atoms with Crippen molar-refractivity contribution < 1.29 is 14.7 Å². The summed E-state index contributed by atoms with van der Waals surface area (Å²) in [7, 11) is 0. The molecule has 0 aliphatic rings. The third-order valence-electron chi connectivity index (χ3n) is 2.41. The first-order chi connectivity index (χ1) is 8.47. The lowest BCUT2D eigenvalue weighted by molar-refractivity contribution is -0.137. The van der Waals surface area contributed by atoms with E-state index in [9.17, 15) is 9.59 Å². The highest BCUT2D eigenvalue weighted by Crippen LogP contribution is 2.11. The van der Waals surface area contributed by atoms with Crippen molar-refractivity contribution in [3.8, 4) is 0 Å². The summed E-state index contributed by atoms with van der Waals surface area (Å²) in [5.74, 6) is -0.792. The van der Waals surface area contributed by atoms with E-state index in [2.05, 4.69) is 10.3 Å². The molecule has 0 bridgehead atoms. The standard InChI is InChI=1S/C11H17N3O3S/c1-7(2-3-10(16)17)5-13-9(15)4-8-6-18-11(12)14-8/h6-7H,2-5H2,1H3,(H2,12,14)(H,13,15)(H,16,17). The fourth-order valence-corrected chi connectivity index (χ4v) is 1.95. The van der Waals surface area contributed by atoms with Crippen molar-refractivity contribution in [1.82, 2.24) is 10.3 Å². The van der Waals surface area contributed by atoms with Crippen LogP contribution in [0, 0.1) is 5.92 Å². The van der Waals surface area contributed by atoms with Crippen molar-refractivity contribution in [2.75, 3.05) is 12.3 Å². The lowest BCUT2D eigenvalue weighted by Crippen LogP contribution is -2.29. The number of hydrogen-bond acceptors (Lipinski definition) is 5. The van der Waals surface area contributed by atoms with E-state index in [-0.39, 0.29) is 24.7 Å². The van der Waals surface area contributed by atoms with Crippen molar-refractivity contribution in [3.63, 3.8) is 0 Å². The van der Waals surface area contributed by atoms with E-state index in [4.69, 9.17) is 10.8 Å². The Bertz CT molecular complexity index is 419. The molecule has 1 heterocycles. The van der Waals surface area contributed by atoms with E-state index >= 15 is 0 Å². The van der Waals surface area contributed by atoms with Gasteiger partial charge in [-0.3, -0.25) is 9.59 Å². The number of amides is 1. The molecule has 1 atom stereocenters. The molecule has 1 rings (SSSR count). The number of carbonyl (C=O) groups excluding carboxylic acids is 1. The van der Waals surface area contributed by atoms with Gasteiger partial charge in [-0.05, 0) is 12.3 Å². The molecule has 0 aromatic carbocycles. The molecule has 7 heteroatoms. The first kappa shape index (κ1) is 14.4. The molecular formula is C11H17N3O3S. The lowest BCUT2D eigenvalue weighted by atomic mass is 10.1. The predicted octanol–water partition coefficient (Wildman–Crippen LogP) is 0.885. The number of nitrogens with zero attached hydrogens (tertiary/aromatic N) is 1. The van der Waals surface area contributed by atoms with Gasteiger partial charge in [0.1, 0.15) is 0 Å². The Kier molecular flexibility index (Phi) is 5.57. The van der Waals surface area contributed by atoms with Gasteiger partial charge in [0.05, 0.1) is 12.1 Å². The number of rotatable bonds is 7. The Balaban J connectivity index is 2.22. The number of anilines is 1. The molecule has 6 nitrogen and oxygen atoms in total. The van der Waals surface area contributed by atoms with Gasteiger partial charge >= 0.3 is 5.97 Å². The van der Waals surface area contributed by atoms with Gasteiger partial charge in [-0.1, -0.05) is 6.92 Å². The molecule has 1 aromatic heterocycles. The van der Waals surface area contributed by atoms with Crippen LogP contribution < -0.4 is 11.1 Å². The monoisotopic (exact) mass is 271 g/mol. The van der Waals surface area contributed by atoms with Gasteiger partial charge in [0, 0.05) is 18.3 Å². The Morgan fingerprint density at radius 3 is 2.89 bits per heavy atom. The molecule has 0 saturated carbocycles. The summed E-state index contributed by atoms with van der Waals surface area (Å²) in [6.45, 7) is 2.38. The van der Waals surface area contributed by atoms with Gasteiger partial charge in [-0.25, -0.2) is 4.98 Å². The van der Waals surface area contributed by atoms with E-state index in [1.807, 2.05) is 6.92 Å². The third kappa shape index (κ3) is 5.62. The summed E-state index contributed by atoms with van der Waals surface area (Å²) >= 11 is 1.30. The fourth-order valence-electron chi connectivity index (χ4n) is 1.39. The molecule has 0 spiro atoms. The van der Waals surface area contributed by atoms with Crippen molar-refractivity contribution in [2.45, 2.75) is 26.2 Å². The van der Waals surface area contributed by atoms with Crippen LogP contribution in [0.2, 0.25) is 0 Å². The summed E-state index contributed by atoms with van der Waals surface area (Å²) < 4.78 is 0. The van der Waals surface area contributed by atoms with Crippen LogP contribution in [0.25, 0.3) is 0 Å². The van der Waals surface area contributed by atoms with Crippen LogP contribution >= 0.6 is 11.3 Å². The number of thiazole rings is 1. The quantitative estimate of drug-likeness (QED) is 0.683. The summed E-state index contributed by atoms with van der Waals surface area (Å²) in [5, 5.41) is 13.5. The third-order valence-corrected chi connectivity index (χ3v) is 3.13. The Hall–Kier alpha value is -1.63. The van der Waals surface area contributed by atoms with Crippen LogP contribution in [0.3, 0.4) is 0 Å². The van der Waals surface area contributed by atoms with Gasteiger partial charge in [0.25, 0.3) is 0 Å². The van der Waals surface area contributed by atoms with E-state index < -0.39 is 5.97 Å². The molecule has 1 aromatic rings. The van der Waals surface area contributed by atoms with Gasteiger partial charge in [0.2, 0.25) is 5.91 Å². The number of nitrogens with two attached hydrogens (primary N) is 1. The average molecular weight is 271 g/mol.